The van der Waals surface area contributed by atoms with Crippen molar-refractivity contribution in [3.8, 4) is 5.75 Å². The van der Waals surface area contributed by atoms with Gasteiger partial charge in [0.05, 0.1) is 9.79 Å². The average molecular weight is 408 g/mol. The first-order valence-electron chi connectivity index (χ1n) is 9.92. The molecule has 0 spiro atoms. The zero-order valence-electron chi connectivity index (χ0n) is 16.4. The van der Waals surface area contributed by atoms with E-state index < -0.39 is 9.84 Å². The molecule has 0 fully saturated rings. The Morgan fingerprint density at radius 3 is 2.38 bits per heavy atom. The van der Waals surface area contributed by atoms with Gasteiger partial charge >= 0.3 is 0 Å². The largest absolute Gasteiger partial charge is 0.489 e. The lowest BCUT2D eigenvalue weighted by Gasteiger charge is -2.28. The van der Waals surface area contributed by atoms with Gasteiger partial charge in [0.2, 0.25) is 9.84 Å². The molecule has 0 saturated heterocycles. The van der Waals surface area contributed by atoms with Crippen LogP contribution in [0.5, 0.6) is 5.75 Å². The molecule has 150 valence electrons. The fraction of sp³-hybridized carbons (Fsp3) is 0.250. The van der Waals surface area contributed by atoms with Gasteiger partial charge in [-0.1, -0.05) is 54.6 Å². The minimum atomic E-state index is -3.55. The molecule has 2 atom stereocenters. The summed E-state index contributed by atoms with van der Waals surface area (Å²) in [4.78, 5) is 0.569. The molecular formula is C24H25NO3S. The number of ether oxygens (including phenoxy) is 1. The van der Waals surface area contributed by atoms with Crippen LogP contribution in [0.1, 0.15) is 30.5 Å². The number of aryl methyl sites for hydroxylation is 1. The van der Waals surface area contributed by atoms with E-state index in [2.05, 4.69) is 24.4 Å². The Morgan fingerprint density at radius 2 is 1.66 bits per heavy atom. The molecule has 0 bridgehead atoms. The second-order valence-corrected chi connectivity index (χ2v) is 9.35. The number of hydrogen-bond donors (Lipinski definition) is 1. The fourth-order valence-electron chi connectivity index (χ4n) is 3.62. The highest BCUT2D eigenvalue weighted by atomic mass is 32.2. The third-order valence-corrected chi connectivity index (χ3v) is 7.15. The predicted octanol–water partition coefficient (Wildman–Crippen LogP) is 4.56. The Morgan fingerprint density at radius 1 is 0.966 bits per heavy atom. The van der Waals surface area contributed by atoms with Crippen molar-refractivity contribution in [1.29, 1.82) is 0 Å². The van der Waals surface area contributed by atoms with Gasteiger partial charge in [0.15, 0.2) is 0 Å². The SMILES string of the molecule is C[C@@H](NC[C@H]1CCc2ccc(S(=O)(=O)c3ccccc3)cc2O1)c1ccccc1. The summed E-state index contributed by atoms with van der Waals surface area (Å²) in [5.74, 6) is 0.674. The average Bonchev–Trinajstić information content (AvgIpc) is 2.78. The van der Waals surface area contributed by atoms with Crippen molar-refractivity contribution >= 4 is 9.84 Å². The molecule has 1 N–H and O–H groups in total. The number of fused-ring (bicyclic) bond motifs is 1. The maximum absolute atomic E-state index is 12.9. The summed E-state index contributed by atoms with van der Waals surface area (Å²) in [5.41, 5.74) is 2.30. The summed E-state index contributed by atoms with van der Waals surface area (Å²) in [6.07, 6.45) is 1.81. The summed E-state index contributed by atoms with van der Waals surface area (Å²) >= 11 is 0. The Kier molecular flexibility index (Phi) is 5.69. The van der Waals surface area contributed by atoms with Crippen molar-refractivity contribution in [3.05, 3.63) is 90.0 Å². The first kappa shape index (κ1) is 19.7. The first-order chi connectivity index (χ1) is 14.0. The molecule has 1 aliphatic rings. The van der Waals surface area contributed by atoms with Gasteiger partial charge in [-0.05, 0) is 55.2 Å². The van der Waals surface area contributed by atoms with Crippen LogP contribution in [-0.2, 0) is 16.3 Å². The molecule has 29 heavy (non-hydrogen) atoms. The Balaban J connectivity index is 1.47. The smallest absolute Gasteiger partial charge is 0.206 e. The molecule has 3 aromatic rings. The summed E-state index contributed by atoms with van der Waals surface area (Å²) in [6.45, 7) is 2.85. The first-order valence-corrected chi connectivity index (χ1v) is 11.4. The van der Waals surface area contributed by atoms with Gasteiger partial charge in [0, 0.05) is 12.6 Å². The van der Waals surface area contributed by atoms with Crippen molar-refractivity contribution in [2.75, 3.05) is 6.54 Å². The Bertz CT molecular complexity index is 1070. The summed E-state index contributed by atoms with van der Waals surface area (Å²) in [6, 6.07) is 24.3. The molecule has 0 radical (unpaired) electrons. The highest BCUT2D eigenvalue weighted by Crippen LogP contribution is 2.32. The number of sulfone groups is 1. The van der Waals surface area contributed by atoms with Crippen LogP contribution in [0, 0.1) is 0 Å². The quantitative estimate of drug-likeness (QED) is 0.651. The van der Waals surface area contributed by atoms with Crippen molar-refractivity contribution < 1.29 is 13.2 Å². The van der Waals surface area contributed by atoms with E-state index in [-0.39, 0.29) is 17.0 Å². The third-order valence-electron chi connectivity index (χ3n) is 5.38. The lowest BCUT2D eigenvalue weighted by atomic mass is 10.0. The monoisotopic (exact) mass is 407 g/mol. The van der Waals surface area contributed by atoms with Crippen LogP contribution < -0.4 is 10.1 Å². The van der Waals surface area contributed by atoms with Gasteiger partial charge in [-0.3, -0.25) is 0 Å². The third kappa shape index (κ3) is 4.36. The highest BCUT2D eigenvalue weighted by Gasteiger charge is 2.24. The fourth-order valence-corrected chi connectivity index (χ4v) is 4.92. The van der Waals surface area contributed by atoms with E-state index in [0.29, 0.717) is 17.2 Å². The van der Waals surface area contributed by atoms with E-state index >= 15 is 0 Å². The summed E-state index contributed by atoms with van der Waals surface area (Å²) in [5, 5.41) is 3.53. The molecule has 1 aliphatic heterocycles. The van der Waals surface area contributed by atoms with Crippen molar-refractivity contribution in [3.63, 3.8) is 0 Å². The molecule has 4 nitrogen and oxygen atoms in total. The van der Waals surface area contributed by atoms with Gasteiger partial charge < -0.3 is 10.1 Å². The maximum Gasteiger partial charge on any atom is 0.206 e. The molecule has 5 heteroatoms. The van der Waals surface area contributed by atoms with Crippen LogP contribution >= 0.6 is 0 Å². The van der Waals surface area contributed by atoms with Crippen LogP contribution in [0.15, 0.2) is 88.7 Å². The van der Waals surface area contributed by atoms with E-state index in [4.69, 9.17) is 4.74 Å². The zero-order valence-corrected chi connectivity index (χ0v) is 17.2. The van der Waals surface area contributed by atoms with Crippen molar-refractivity contribution in [1.82, 2.24) is 5.32 Å². The minimum Gasteiger partial charge on any atom is -0.489 e. The molecule has 0 amide bonds. The standard InChI is InChI=1S/C24H25NO3S/c1-18(19-8-4-2-5-9-19)25-17-21-14-12-20-13-15-23(16-24(20)28-21)29(26,27)22-10-6-3-7-11-22/h2-11,13,15-16,18,21,25H,12,14,17H2,1H3/t18-,21-/m1/s1. The van der Waals surface area contributed by atoms with Crippen LogP contribution in [0.3, 0.4) is 0 Å². The lowest BCUT2D eigenvalue weighted by molar-refractivity contribution is 0.166. The topological polar surface area (TPSA) is 55.4 Å². The van der Waals surface area contributed by atoms with E-state index in [0.717, 1.165) is 18.4 Å². The Hall–Kier alpha value is -2.63. The molecule has 4 rings (SSSR count). The second kappa shape index (κ2) is 8.39. The predicted molar refractivity (Wildman–Crippen MR) is 114 cm³/mol. The molecule has 1 heterocycles. The zero-order chi connectivity index (χ0) is 20.3. The van der Waals surface area contributed by atoms with Crippen LogP contribution in [-0.4, -0.2) is 21.1 Å². The Labute approximate surface area is 172 Å². The number of benzene rings is 3. The van der Waals surface area contributed by atoms with Gasteiger partial charge in [-0.25, -0.2) is 8.42 Å². The maximum atomic E-state index is 12.9. The molecule has 3 aromatic carbocycles. The molecule has 0 aromatic heterocycles. The minimum absolute atomic E-state index is 0.0170. The normalized spacial score (nSPS) is 17.2. The number of rotatable bonds is 6. The van der Waals surface area contributed by atoms with Crippen molar-refractivity contribution in [2.24, 2.45) is 0 Å². The molecule has 0 aliphatic carbocycles. The van der Waals surface area contributed by atoms with Gasteiger partial charge in [-0.2, -0.15) is 0 Å². The summed E-state index contributed by atoms with van der Waals surface area (Å²) in [7, 11) is -3.55. The highest BCUT2D eigenvalue weighted by molar-refractivity contribution is 7.91. The van der Waals surface area contributed by atoms with Gasteiger partial charge in [-0.15, -0.1) is 0 Å². The van der Waals surface area contributed by atoms with Crippen LogP contribution in [0.25, 0.3) is 0 Å². The van der Waals surface area contributed by atoms with E-state index in [1.54, 1.807) is 36.4 Å². The van der Waals surface area contributed by atoms with Gasteiger partial charge in [0.1, 0.15) is 11.9 Å². The van der Waals surface area contributed by atoms with Gasteiger partial charge in [0.25, 0.3) is 0 Å². The van der Waals surface area contributed by atoms with E-state index in [1.165, 1.54) is 5.56 Å². The van der Waals surface area contributed by atoms with Crippen LogP contribution in [0.2, 0.25) is 0 Å². The van der Waals surface area contributed by atoms with E-state index in [1.807, 2.05) is 30.3 Å². The van der Waals surface area contributed by atoms with Crippen molar-refractivity contribution in [2.45, 2.75) is 41.7 Å². The second-order valence-electron chi connectivity index (χ2n) is 7.41. The molecular weight excluding hydrogens is 382 g/mol. The van der Waals surface area contributed by atoms with Crippen LogP contribution in [0.4, 0.5) is 0 Å². The van der Waals surface area contributed by atoms with E-state index in [9.17, 15) is 8.42 Å². The number of hydrogen-bond acceptors (Lipinski definition) is 4. The number of nitrogens with one attached hydrogen (secondary N) is 1. The molecule has 0 unspecified atom stereocenters. The lowest BCUT2D eigenvalue weighted by Crippen LogP contribution is -2.35. The summed E-state index contributed by atoms with van der Waals surface area (Å²) < 4.78 is 32.0. The molecule has 0 saturated carbocycles.